The highest BCUT2D eigenvalue weighted by Gasteiger charge is 2.30. The van der Waals surface area contributed by atoms with Crippen LogP contribution in [0.2, 0.25) is 0 Å². The first kappa shape index (κ1) is 17.5. The monoisotopic (exact) mass is 386 g/mol. The topological polar surface area (TPSA) is 38.9 Å². The molecule has 2 aromatic carbocycles. The fourth-order valence-corrected chi connectivity index (χ4v) is 3.61. The van der Waals surface area contributed by atoms with Crippen LogP contribution in [0.15, 0.2) is 64.5 Å². The van der Waals surface area contributed by atoms with Gasteiger partial charge in [0.2, 0.25) is 0 Å². The van der Waals surface area contributed by atoms with Crippen molar-refractivity contribution in [3.63, 3.8) is 0 Å². The number of aryl methyl sites for hydroxylation is 1. The number of nitrogens with zero attached hydrogens (tertiary/aromatic N) is 2. The second-order valence-corrected chi connectivity index (χ2v) is 6.80. The summed E-state index contributed by atoms with van der Waals surface area (Å²) in [5.41, 5.74) is 3.04. The van der Waals surface area contributed by atoms with Gasteiger partial charge in [0.1, 0.15) is 16.5 Å². The lowest BCUT2D eigenvalue weighted by Crippen LogP contribution is -2.03. The molecular weight excluding hydrogens is 373 g/mol. The van der Waals surface area contributed by atoms with E-state index < -0.39 is 11.7 Å². The molecule has 2 aromatic heterocycles. The lowest BCUT2D eigenvalue weighted by Gasteiger charge is -2.06. The minimum absolute atomic E-state index is 0.634. The third-order valence-electron chi connectivity index (χ3n) is 4.13. The van der Waals surface area contributed by atoms with Gasteiger partial charge in [-0.05, 0) is 19.1 Å². The van der Waals surface area contributed by atoms with Crippen LogP contribution in [-0.4, -0.2) is 10.1 Å². The van der Waals surface area contributed by atoms with Crippen molar-refractivity contribution in [3.8, 4) is 33.1 Å². The molecule has 0 fully saturated rings. The van der Waals surface area contributed by atoms with Crippen LogP contribution in [0.25, 0.3) is 33.1 Å². The summed E-state index contributed by atoms with van der Waals surface area (Å²) in [5.74, 6) is 0.637. The van der Waals surface area contributed by atoms with Crippen molar-refractivity contribution in [2.75, 3.05) is 0 Å². The highest BCUT2D eigenvalue weighted by atomic mass is 32.1. The molecule has 3 nitrogen and oxygen atoms in total. The number of halogens is 3. The summed E-state index contributed by atoms with van der Waals surface area (Å²) in [4.78, 5) is 4.60. The zero-order valence-electron chi connectivity index (χ0n) is 14.1. The fourth-order valence-electron chi connectivity index (χ4n) is 2.79. The van der Waals surface area contributed by atoms with Gasteiger partial charge in [-0.1, -0.05) is 47.6 Å². The van der Waals surface area contributed by atoms with Crippen LogP contribution in [0.1, 0.15) is 11.3 Å². The molecule has 0 unspecified atom stereocenters. The number of thiazole rings is 1. The van der Waals surface area contributed by atoms with Crippen molar-refractivity contribution in [1.82, 2.24) is 10.1 Å². The van der Waals surface area contributed by atoms with Gasteiger partial charge in [-0.15, -0.1) is 11.3 Å². The van der Waals surface area contributed by atoms with Crippen LogP contribution in [0.5, 0.6) is 0 Å². The number of alkyl halides is 3. The van der Waals surface area contributed by atoms with Gasteiger partial charge < -0.3 is 4.52 Å². The molecule has 0 N–H and O–H groups in total. The van der Waals surface area contributed by atoms with Crippen molar-refractivity contribution in [3.05, 3.63) is 71.3 Å². The predicted molar refractivity (Wildman–Crippen MR) is 98.2 cm³/mol. The average molecular weight is 386 g/mol. The molecule has 27 heavy (non-hydrogen) atoms. The Labute approximate surface area is 157 Å². The number of hydrogen-bond donors (Lipinski definition) is 0. The Morgan fingerprint density at radius 3 is 2.30 bits per heavy atom. The van der Waals surface area contributed by atoms with Crippen LogP contribution >= 0.6 is 11.3 Å². The zero-order chi connectivity index (χ0) is 19.0. The van der Waals surface area contributed by atoms with E-state index in [2.05, 4.69) is 10.1 Å². The Balaban J connectivity index is 1.71. The normalized spacial score (nSPS) is 11.7. The first-order valence-corrected chi connectivity index (χ1v) is 8.96. The van der Waals surface area contributed by atoms with E-state index in [4.69, 9.17) is 4.52 Å². The van der Waals surface area contributed by atoms with Crippen molar-refractivity contribution >= 4 is 11.3 Å². The number of hydrogen-bond acceptors (Lipinski definition) is 4. The number of benzene rings is 2. The summed E-state index contributed by atoms with van der Waals surface area (Å²) in [7, 11) is 0. The Morgan fingerprint density at radius 2 is 1.63 bits per heavy atom. The predicted octanol–water partition coefficient (Wildman–Crippen LogP) is 6.46. The van der Waals surface area contributed by atoms with Gasteiger partial charge in [0.05, 0.1) is 16.8 Å². The minimum Gasteiger partial charge on any atom is -0.360 e. The van der Waals surface area contributed by atoms with Gasteiger partial charge in [-0.2, -0.15) is 13.2 Å². The van der Waals surface area contributed by atoms with Gasteiger partial charge in [0, 0.05) is 16.5 Å². The molecule has 4 rings (SSSR count). The summed E-state index contributed by atoms with van der Waals surface area (Å²) in [5, 5.41) is 6.65. The molecule has 0 saturated carbocycles. The van der Waals surface area contributed by atoms with Gasteiger partial charge in [-0.25, -0.2) is 4.98 Å². The Kier molecular flexibility index (Phi) is 4.31. The van der Waals surface area contributed by atoms with Gasteiger partial charge in [0.25, 0.3) is 0 Å². The first-order chi connectivity index (χ1) is 12.9. The summed E-state index contributed by atoms with van der Waals surface area (Å²) in [6.07, 6.45) is -4.35. The maximum Gasteiger partial charge on any atom is 0.416 e. The minimum atomic E-state index is -4.35. The first-order valence-electron chi connectivity index (χ1n) is 8.09. The SMILES string of the molecule is Cc1onc(-c2ccccc2)c1-c1csc(-c2ccc(C(F)(F)F)cc2)n1. The van der Waals surface area contributed by atoms with Gasteiger partial charge in [0.15, 0.2) is 0 Å². The standard InChI is InChI=1S/C20H13F3N2OS/c1-12-17(18(25-26-12)13-5-3-2-4-6-13)16-11-27-19(24-16)14-7-9-15(10-8-14)20(21,22)23/h2-11H,1H3. The van der Waals surface area contributed by atoms with Crippen LogP contribution in [-0.2, 0) is 6.18 Å². The Bertz CT molecular complexity index is 1070. The molecular formula is C20H13F3N2OS. The zero-order valence-corrected chi connectivity index (χ0v) is 14.9. The number of aromatic nitrogens is 2. The quantitative estimate of drug-likeness (QED) is 0.406. The van der Waals surface area contributed by atoms with Gasteiger partial charge in [-0.3, -0.25) is 0 Å². The van der Waals surface area contributed by atoms with E-state index in [0.717, 1.165) is 23.3 Å². The lowest BCUT2D eigenvalue weighted by molar-refractivity contribution is -0.137. The molecule has 0 spiro atoms. The molecule has 0 radical (unpaired) electrons. The van der Waals surface area contributed by atoms with E-state index >= 15 is 0 Å². The molecule has 7 heteroatoms. The van der Waals surface area contributed by atoms with Crippen molar-refractivity contribution in [2.45, 2.75) is 13.1 Å². The highest BCUT2D eigenvalue weighted by Crippen LogP contribution is 2.37. The molecule has 0 aliphatic carbocycles. The van der Waals surface area contributed by atoms with Crippen molar-refractivity contribution in [2.24, 2.45) is 0 Å². The molecule has 0 amide bonds. The third-order valence-corrected chi connectivity index (χ3v) is 5.02. The highest BCUT2D eigenvalue weighted by molar-refractivity contribution is 7.13. The second-order valence-electron chi connectivity index (χ2n) is 5.94. The maximum absolute atomic E-state index is 12.7. The molecule has 0 aliphatic rings. The van der Waals surface area contributed by atoms with E-state index in [-0.39, 0.29) is 0 Å². The summed E-state index contributed by atoms with van der Waals surface area (Å²) in [6.45, 7) is 1.81. The second kappa shape index (κ2) is 6.66. The Morgan fingerprint density at radius 1 is 0.926 bits per heavy atom. The molecule has 0 bridgehead atoms. The van der Waals surface area contributed by atoms with Crippen LogP contribution in [0.4, 0.5) is 13.2 Å². The Hall–Kier alpha value is -2.93. The molecule has 0 saturated heterocycles. The van der Waals surface area contributed by atoms with Crippen LogP contribution < -0.4 is 0 Å². The van der Waals surface area contributed by atoms with E-state index in [1.807, 2.05) is 42.6 Å². The third kappa shape index (κ3) is 3.38. The molecule has 136 valence electrons. The smallest absolute Gasteiger partial charge is 0.360 e. The van der Waals surface area contributed by atoms with E-state index in [9.17, 15) is 13.2 Å². The van der Waals surface area contributed by atoms with E-state index in [1.54, 1.807) is 0 Å². The average Bonchev–Trinajstić information content (AvgIpc) is 3.28. The summed E-state index contributed by atoms with van der Waals surface area (Å²) >= 11 is 1.37. The van der Waals surface area contributed by atoms with Crippen LogP contribution in [0, 0.1) is 6.92 Å². The van der Waals surface area contributed by atoms with Crippen LogP contribution in [0.3, 0.4) is 0 Å². The van der Waals surface area contributed by atoms with Crippen molar-refractivity contribution in [1.29, 1.82) is 0 Å². The van der Waals surface area contributed by atoms with E-state index in [1.165, 1.54) is 23.5 Å². The number of rotatable bonds is 3. The summed E-state index contributed by atoms with van der Waals surface area (Å²) < 4.78 is 43.6. The van der Waals surface area contributed by atoms with E-state index in [0.29, 0.717) is 27.7 Å². The molecule has 0 atom stereocenters. The largest absolute Gasteiger partial charge is 0.416 e. The van der Waals surface area contributed by atoms with Crippen molar-refractivity contribution < 1.29 is 17.7 Å². The fraction of sp³-hybridized carbons (Fsp3) is 0.100. The molecule has 2 heterocycles. The van der Waals surface area contributed by atoms with Gasteiger partial charge >= 0.3 is 6.18 Å². The lowest BCUT2D eigenvalue weighted by atomic mass is 10.0. The summed E-state index contributed by atoms with van der Waals surface area (Å²) in [6, 6.07) is 14.6. The molecule has 4 aromatic rings. The maximum atomic E-state index is 12.7. The molecule has 0 aliphatic heterocycles.